The van der Waals surface area contributed by atoms with Gasteiger partial charge in [-0.05, 0) is 18.2 Å². The summed E-state index contributed by atoms with van der Waals surface area (Å²) in [5.74, 6) is 0.835. The van der Waals surface area contributed by atoms with E-state index in [2.05, 4.69) is 15.2 Å². The van der Waals surface area contributed by atoms with Gasteiger partial charge in [-0.3, -0.25) is 4.79 Å². The Morgan fingerprint density at radius 3 is 3.09 bits per heavy atom. The number of ether oxygens (including phenoxy) is 1. The summed E-state index contributed by atoms with van der Waals surface area (Å²) in [6, 6.07) is 7.22. The van der Waals surface area contributed by atoms with E-state index in [1.54, 1.807) is 11.8 Å². The Kier molecular flexibility index (Phi) is 3.34. The van der Waals surface area contributed by atoms with E-state index in [4.69, 9.17) is 9.15 Å². The van der Waals surface area contributed by atoms with Crippen molar-refractivity contribution in [3.8, 4) is 0 Å². The zero-order chi connectivity index (χ0) is 15.8. The van der Waals surface area contributed by atoms with Crippen molar-refractivity contribution in [1.82, 2.24) is 20.1 Å². The van der Waals surface area contributed by atoms with E-state index in [0.717, 1.165) is 10.9 Å². The number of carbonyl (C=O) groups excluding carboxylic acids is 1. The molecule has 3 heterocycles. The fraction of sp³-hybridized carbons (Fsp3) is 0.312. The van der Waals surface area contributed by atoms with E-state index in [1.807, 2.05) is 30.5 Å². The molecule has 1 aliphatic rings. The highest BCUT2D eigenvalue weighted by Crippen LogP contribution is 2.27. The van der Waals surface area contributed by atoms with Crippen LogP contribution in [0.15, 0.2) is 34.9 Å². The topological polar surface area (TPSA) is 84.3 Å². The fourth-order valence-electron chi connectivity index (χ4n) is 2.92. The maximum absolute atomic E-state index is 13.1. The molecule has 1 fully saturated rings. The van der Waals surface area contributed by atoms with Gasteiger partial charge >= 0.3 is 0 Å². The van der Waals surface area contributed by atoms with Gasteiger partial charge in [-0.15, -0.1) is 10.2 Å². The van der Waals surface area contributed by atoms with E-state index < -0.39 is 0 Å². The van der Waals surface area contributed by atoms with Crippen molar-refractivity contribution in [1.29, 1.82) is 0 Å². The number of carbonyl (C=O) groups is 1. The Labute approximate surface area is 132 Å². The number of aryl methyl sites for hydroxylation is 1. The molecule has 1 saturated heterocycles. The molecule has 1 aliphatic heterocycles. The summed E-state index contributed by atoms with van der Waals surface area (Å²) in [5.41, 5.74) is 1.60. The lowest BCUT2D eigenvalue weighted by Crippen LogP contribution is -2.43. The van der Waals surface area contributed by atoms with Gasteiger partial charge in [0.1, 0.15) is 6.04 Å². The molecule has 0 aliphatic carbocycles. The SMILES string of the molecule is Cc1nnc([C@H]2COCCN2C(=O)c2cccc3[nH]ccc23)o1. The van der Waals surface area contributed by atoms with Crippen molar-refractivity contribution in [2.24, 2.45) is 0 Å². The maximum atomic E-state index is 13.1. The molecule has 0 spiro atoms. The second-order valence-electron chi connectivity index (χ2n) is 5.49. The first kappa shape index (κ1) is 14.0. The van der Waals surface area contributed by atoms with Crippen LogP contribution >= 0.6 is 0 Å². The Balaban J connectivity index is 1.72. The highest BCUT2D eigenvalue weighted by Gasteiger charge is 2.33. The van der Waals surface area contributed by atoms with Crippen LogP contribution in [0.25, 0.3) is 10.9 Å². The first-order valence-corrected chi connectivity index (χ1v) is 7.49. The molecule has 4 rings (SSSR count). The minimum absolute atomic E-state index is 0.0562. The van der Waals surface area contributed by atoms with Crippen molar-refractivity contribution in [3.63, 3.8) is 0 Å². The Morgan fingerprint density at radius 2 is 2.26 bits per heavy atom. The molecule has 23 heavy (non-hydrogen) atoms. The van der Waals surface area contributed by atoms with E-state index in [-0.39, 0.29) is 11.9 Å². The molecule has 1 amide bonds. The number of nitrogens with zero attached hydrogens (tertiary/aromatic N) is 3. The number of H-pyrrole nitrogens is 1. The third-order valence-corrected chi connectivity index (χ3v) is 4.04. The molecule has 0 radical (unpaired) electrons. The van der Waals surface area contributed by atoms with Gasteiger partial charge in [0, 0.05) is 36.1 Å². The van der Waals surface area contributed by atoms with Gasteiger partial charge in [-0.1, -0.05) is 6.07 Å². The lowest BCUT2D eigenvalue weighted by Gasteiger charge is -2.33. The zero-order valence-electron chi connectivity index (χ0n) is 12.7. The minimum Gasteiger partial charge on any atom is -0.423 e. The minimum atomic E-state index is -0.355. The summed E-state index contributed by atoms with van der Waals surface area (Å²) < 4.78 is 11.0. The molecule has 0 unspecified atom stereocenters. The van der Waals surface area contributed by atoms with Crippen molar-refractivity contribution < 1.29 is 13.9 Å². The number of aromatic amines is 1. The van der Waals surface area contributed by atoms with Crippen molar-refractivity contribution >= 4 is 16.8 Å². The standard InChI is InChI=1S/C16H16N4O3/c1-10-18-19-15(23-10)14-9-22-8-7-20(14)16(21)12-3-2-4-13-11(12)5-6-17-13/h2-6,14,17H,7-9H2,1H3/t14-/m1/s1. The van der Waals surface area contributed by atoms with Crippen LogP contribution in [0.5, 0.6) is 0 Å². The van der Waals surface area contributed by atoms with E-state index in [1.165, 1.54) is 0 Å². The molecule has 0 bridgehead atoms. The summed E-state index contributed by atoms with van der Waals surface area (Å²) in [4.78, 5) is 17.9. The predicted octanol–water partition coefficient (Wildman–Crippen LogP) is 2.07. The summed E-state index contributed by atoms with van der Waals surface area (Å²) in [5, 5.41) is 8.81. The Morgan fingerprint density at radius 1 is 1.35 bits per heavy atom. The molecule has 7 nitrogen and oxygen atoms in total. The van der Waals surface area contributed by atoms with Gasteiger partial charge in [0.15, 0.2) is 0 Å². The third kappa shape index (κ3) is 2.39. The molecular formula is C16H16N4O3. The largest absolute Gasteiger partial charge is 0.423 e. The first-order valence-electron chi connectivity index (χ1n) is 7.49. The van der Waals surface area contributed by atoms with Crippen LogP contribution in [0.4, 0.5) is 0 Å². The number of fused-ring (bicyclic) bond motifs is 1. The van der Waals surface area contributed by atoms with Crippen LogP contribution < -0.4 is 0 Å². The predicted molar refractivity (Wildman–Crippen MR) is 81.9 cm³/mol. The van der Waals surface area contributed by atoms with Gasteiger partial charge in [0.2, 0.25) is 11.8 Å². The van der Waals surface area contributed by atoms with Gasteiger partial charge in [0.25, 0.3) is 5.91 Å². The van der Waals surface area contributed by atoms with Crippen molar-refractivity contribution in [3.05, 3.63) is 47.8 Å². The number of hydrogen-bond acceptors (Lipinski definition) is 5. The van der Waals surface area contributed by atoms with E-state index in [9.17, 15) is 4.79 Å². The van der Waals surface area contributed by atoms with E-state index >= 15 is 0 Å². The molecule has 118 valence electrons. The smallest absolute Gasteiger partial charge is 0.255 e. The van der Waals surface area contributed by atoms with Crippen LogP contribution in [-0.4, -0.2) is 45.7 Å². The number of aromatic nitrogens is 3. The fourth-order valence-corrected chi connectivity index (χ4v) is 2.92. The number of rotatable bonds is 2. The van der Waals surface area contributed by atoms with Crippen molar-refractivity contribution in [2.75, 3.05) is 19.8 Å². The summed E-state index contributed by atoms with van der Waals surface area (Å²) in [6.45, 7) is 3.08. The normalized spacial score (nSPS) is 18.5. The molecule has 2 aromatic heterocycles. The number of amides is 1. The summed E-state index contributed by atoms with van der Waals surface area (Å²) >= 11 is 0. The second-order valence-corrected chi connectivity index (χ2v) is 5.49. The number of nitrogens with one attached hydrogen (secondary N) is 1. The number of morpholine rings is 1. The molecular weight excluding hydrogens is 296 g/mol. The van der Waals surface area contributed by atoms with Crippen LogP contribution in [0.1, 0.15) is 28.2 Å². The van der Waals surface area contributed by atoms with Crippen LogP contribution in [0, 0.1) is 6.92 Å². The zero-order valence-corrected chi connectivity index (χ0v) is 12.7. The van der Waals surface area contributed by atoms with Gasteiger partial charge in [0.05, 0.1) is 13.2 Å². The van der Waals surface area contributed by atoms with Crippen molar-refractivity contribution in [2.45, 2.75) is 13.0 Å². The Bertz CT molecular complexity index is 854. The summed E-state index contributed by atoms with van der Waals surface area (Å²) in [7, 11) is 0. The first-order chi connectivity index (χ1) is 11.2. The maximum Gasteiger partial charge on any atom is 0.255 e. The highest BCUT2D eigenvalue weighted by molar-refractivity contribution is 6.06. The molecule has 1 N–H and O–H groups in total. The average Bonchev–Trinajstić information content (AvgIpc) is 3.22. The van der Waals surface area contributed by atoms with Gasteiger partial charge in [-0.25, -0.2) is 0 Å². The number of hydrogen-bond donors (Lipinski definition) is 1. The lowest BCUT2D eigenvalue weighted by molar-refractivity contribution is -0.0105. The van der Waals surface area contributed by atoms with Gasteiger partial charge in [-0.2, -0.15) is 0 Å². The van der Waals surface area contributed by atoms with Crippen LogP contribution in [0.2, 0.25) is 0 Å². The average molecular weight is 312 g/mol. The monoisotopic (exact) mass is 312 g/mol. The van der Waals surface area contributed by atoms with Gasteiger partial charge < -0.3 is 19.0 Å². The molecule has 1 aromatic carbocycles. The van der Waals surface area contributed by atoms with Crippen LogP contribution in [0.3, 0.4) is 0 Å². The third-order valence-electron chi connectivity index (χ3n) is 4.04. The molecule has 7 heteroatoms. The summed E-state index contributed by atoms with van der Waals surface area (Å²) in [6.07, 6.45) is 1.83. The Hall–Kier alpha value is -2.67. The molecule has 3 aromatic rings. The van der Waals surface area contributed by atoms with Crippen LogP contribution in [-0.2, 0) is 4.74 Å². The lowest BCUT2D eigenvalue weighted by atomic mass is 10.1. The highest BCUT2D eigenvalue weighted by atomic mass is 16.5. The second kappa shape index (κ2) is 5.51. The number of benzene rings is 1. The van der Waals surface area contributed by atoms with E-state index in [0.29, 0.717) is 37.1 Å². The molecule has 0 saturated carbocycles. The quantitative estimate of drug-likeness (QED) is 0.783. The molecule has 1 atom stereocenters.